The van der Waals surface area contributed by atoms with E-state index in [4.69, 9.17) is 9.88 Å². The van der Waals surface area contributed by atoms with E-state index >= 15 is 0 Å². The van der Waals surface area contributed by atoms with Gasteiger partial charge in [0.25, 0.3) is 5.91 Å². The highest BCUT2D eigenvalue weighted by Gasteiger charge is 2.08. The molecule has 1 amide bonds. The van der Waals surface area contributed by atoms with Crippen LogP contribution in [0.3, 0.4) is 0 Å². The van der Waals surface area contributed by atoms with E-state index in [1.54, 1.807) is 24.3 Å². The minimum atomic E-state index is -3.68. The predicted molar refractivity (Wildman–Crippen MR) is 84.6 cm³/mol. The Morgan fingerprint density at radius 1 is 1.22 bits per heavy atom. The molecule has 0 fully saturated rings. The first-order valence-electron chi connectivity index (χ1n) is 6.80. The number of aromatic nitrogens is 1. The summed E-state index contributed by atoms with van der Waals surface area (Å²) in [5.41, 5.74) is 1.33. The van der Waals surface area contributed by atoms with Crippen molar-refractivity contribution in [3.63, 3.8) is 0 Å². The van der Waals surface area contributed by atoms with Crippen LogP contribution in [0.1, 0.15) is 15.9 Å². The molecule has 7 nitrogen and oxygen atoms in total. The molecule has 0 radical (unpaired) electrons. The van der Waals surface area contributed by atoms with E-state index in [1.165, 1.54) is 25.4 Å². The van der Waals surface area contributed by atoms with Gasteiger partial charge in [-0.3, -0.25) is 4.79 Å². The number of hydrogen-bond acceptors (Lipinski definition) is 5. The minimum absolute atomic E-state index is 0.0644. The van der Waals surface area contributed by atoms with E-state index in [1.807, 2.05) is 0 Å². The third-order valence-electron chi connectivity index (χ3n) is 3.16. The Morgan fingerprint density at radius 2 is 1.91 bits per heavy atom. The van der Waals surface area contributed by atoms with Gasteiger partial charge in [0.1, 0.15) is 0 Å². The first kappa shape index (κ1) is 16.9. The molecule has 0 atom stereocenters. The first-order valence-corrected chi connectivity index (χ1v) is 8.35. The zero-order chi connectivity index (χ0) is 16.9. The van der Waals surface area contributed by atoms with Gasteiger partial charge in [0, 0.05) is 18.8 Å². The molecule has 0 unspecified atom stereocenters. The van der Waals surface area contributed by atoms with Crippen molar-refractivity contribution in [2.75, 3.05) is 13.7 Å². The fraction of sp³-hybridized carbons (Fsp3) is 0.200. The molecule has 1 heterocycles. The molecule has 2 aromatic rings. The van der Waals surface area contributed by atoms with Crippen LogP contribution in [0.4, 0.5) is 0 Å². The van der Waals surface area contributed by atoms with Crippen molar-refractivity contribution < 1.29 is 17.9 Å². The number of primary sulfonamides is 1. The molecular formula is C15H17N3O4S. The van der Waals surface area contributed by atoms with E-state index < -0.39 is 10.0 Å². The molecule has 0 aliphatic heterocycles. The van der Waals surface area contributed by atoms with Crippen LogP contribution in [0.15, 0.2) is 47.5 Å². The minimum Gasteiger partial charge on any atom is -0.481 e. The third-order valence-corrected chi connectivity index (χ3v) is 4.09. The molecule has 0 aliphatic carbocycles. The number of benzene rings is 1. The summed E-state index contributed by atoms with van der Waals surface area (Å²) >= 11 is 0. The molecule has 8 heteroatoms. The smallest absolute Gasteiger partial charge is 0.252 e. The number of rotatable bonds is 6. The summed E-state index contributed by atoms with van der Waals surface area (Å²) in [5, 5.41) is 7.80. The number of sulfonamides is 1. The van der Waals surface area contributed by atoms with Crippen LogP contribution in [0.2, 0.25) is 0 Å². The van der Waals surface area contributed by atoms with Crippen molar-refractivity contribution in [3.8, 4) is 5.88 Å². The number of nitrogens with zero attached hydrogens (tertiary/aromatic N) is 1. The Labute approximate surface area is 134 Å². The van der Waals surface area contributed by atoms with Gasteiger partial charge in [-0.05, 0) is 30.2 Å². The lowest BCUT2D eigenvalue weighted by Crippen LogP contribution is -2.25. The molecule has 0 spiro atoms. The Balaban J connectivity index is 1.87. The molecule has 1 aromatic carbocycles. The highest BCUT2D eigenvalue weighted by atomic mass is 32.2. The quantitative estimate of drug-likeness (QED) is 0.807. The van der Waals surface area contributed by atoms with E-state index in [9.17, 15) is 13.2 Å². The van der Waals surface area contributed by atoms with Crippen molar-refractivity contribution in [1.29, 1.82) is 0 Å². The van der Waals surface area contributed by atoms with Gasteiger partial charge in [-0.2, -0.15) is 0 Å². The number of ether oxygens (including phenoxy) is 1. The van der Waals surface area contributed by atoms with Crippen molar-refractivity contribution >= 4 is 15.9 Å². The van der Waals surface area contributed by atoms with Crippen LogP contribution in [-0.2, 0) is 16.4 Å². The van der Waals surface area contributed by atoms with Crippen LogP contribution in [-0.4, -0.2) is 33.0 Å². The maximum atomic E-state index is 11.9. The number of methoxy groups -OCH3 is 1. The van der Waals surface area contributed by atoms with Gasteiger partial charge in [-0.25, -0.2) is 18.5 Å². The molecule has 2 rings (SSSR count). The fourth-order valence-electron chi connectivity index (χ4n) is 1.90. The Morgan fingerprint density at radius 3 is 2.43 bits per heavy atom. The molecule has 0 saturated carbocycles. The van der Waals surface area contributed by atoms with Crippen molar-refractivity contribution in [1.82, 2.24) is 10.3 Å². The second-order valence-corrected chi connectivity index (χ2v) is 6.35. The summed E-state index contributed by atoms with van der Waals surface area (Å²) in [6.45, 7) is 0.416. The highest BCUT2D eigenvalue weighted by molar-refractivity contribution is 7.89. The summed E-state index contributed by atoms with van der Waals surface area (Å²) in [5.74, 6) is 0.206. The maximum absolute atomic E-state index is 11.9. The first-order chi connectivity index (χ1) is 10.9. The number of nitrogens with one attached hydrogen (secondary N) is 1. The predicted octanol–water partition coefficient (Wildman–Crippen LogP) is 0.710. The Bertz CT molecular complexity index is 771. The molecule has 0 saturated heterocycles. The van der Waals surface area contributed by atoms with E-state index in [0.717, 1.165) is 5.56 Å². The second kappa shape index (κ2) is 7.21. The van der Waals surface area contributed by atoms with Gasteiger partial charge in [-0.1, -0.05) is 12.1 Å². The van der Waals surface area contributed by atoms with E-state index in [0.29, 0.717) is 24.4 Å². The van der Waals surface area contributed by atoms with Crippen LogP contribution in [0.5, 0.6) is 5.88 Å². The molecule has 0 aliphatic rings. The topological polar surface area (TPSA) is 111 Å². The number of hydrogen-bond donors (Lipinski definition) is 2. The zero-order valence-electron chi connectivity index (χ0n) is 12.5. The van der Waals surface area contributed by atoms with Gasteiger partial charge in [0.05, 0.1) is 17.6 Å². The standard InChI is InChI=1S/C15H17N3O4S/c1-22-14-7-4-12(10-18-14)15(19)17-9-8-11-2-5-13(6-3-11)23(16,20)21/h2-7,10H,8-9H2,1H3,(H,17,19)(H2,16,20,21). The van der Waals surface area contributed by atoms with E-state index in [-0.39, 0.29) is 10.8 Å². The molecular weight excluding hydrogens is 318 g/mol. The third kappa shape index (κ3) is 4.76. The average Bonchev–Trinajstić information content (AvgIpc) is 2.54. The Kier molecular flexibility index (Phi) is 5.30. The lowest BCUT2D eigenvalue weighted by Gasteiger charge is -2.06. The average molecular weight is 335 g/mol. The number of carbonyl (C=O) groups is 1. The maximum Gasteiger partial charge on any atom is 0.252 e. The molecule has 3 N–H and O–H groups in total. The summed E-state index contributed by atoms with van der Waals surface area (Å²) in [6.07, 6.45) is 2.01. The summed E-state index contributed by atoms with van der Waals surface area (Å²) < 4.78 is 27.2. The highest BCUT2D eigenvalue weighted by Crippen LogP contribution is 2.09. The summed E-state index contributed by atoms with van der Waals surface area (Å²) in [7, 11) is -2.18. The van der Waals surface area contributed by atoms with Crippen molar-refractivity contribution in [3.05, 3.63) is 53.7 Å². The monoisotopic (exact) mass is 335 g/mol. The van der Waals surface area contributed by atoms with Crippen LogP contribution in [0, 0.1) is 0 Å². The lowest BCUT2D eigenvalue weighted by atomic mass is 10.1. The van der Waals surface area contributed by atoms with Crippen molar-refractivity contribution in [2.24, 2.45) is 5.14 Å². The second-order valence-electron chi connectivity index (χ2n) is 4.78. The number of pyridine rings is 1. The van der Waals surface area contributed by atoms with Gasteiger partial charge in [0.2, 0.25) is 15.9 Å². The lowest BCUT2D eigenvalue weighted by molar-refractivity contribution is 0.0953. The zero-order valence-corrected chi connectivity index (χ0v) is 13.3. The van der Waals surface area contributed by atoms with E-state index in [2.05, 4.69) is 10.3 Å². The van der Waals surface area contributed by atoms with Gasteiger partial charge in [-0.15, -0.1) is 0 Å². The number of carbonyl (C=O) groups excluding carboxylic acids is 1. The normalized spacial score (nSPS) is 11.0. The van der Waals surface area contributed by atoms with Crippen molar-refractivity contribution in [2.45, 2.75) is 11.3 Å². The molecule has 0 bridgehead atoms. The number of amides is 1. The summed E-state index contributed by atoms with van der Waals surface area (Å²) in [4.78, 5) is 16.0. The van der Waals surface area contributed by atoms with Crippen LogP contribution in [0.25, 0.3) is 0 Å². The fourth-order valence-corrected chi connectivity index (χ4v) is 2.42. The van der Waals surface area contributed by atoms with Gasteiger partial charge >= 0.3 is 0 Å². The van der Waals surface area contributed by atoms with Crippen LogP contribution >= 0.6 is 0 Å². The van der Waals surface area contributed by atoms with Crippen LogP contribution < -0.4 is 15.2 Å². The number of nitrogens with two attached hydrogens (primary N) is 1. The molecule has 23 heavy (non-hydrogen) atoms. The SMILES string of the molecule is COc1ccc(C(=O)NCCc2ccc(S(N)(=O)=O)cc2)cn1. The molecule has 122 valence electrons. The molecule has 1 aromatic heterocycles. The Hall–Kier alpha value is -2.45. The summed E-state index contributed by atoms with van der Waals surface area (Å²) in [6, 6.07) is 9.46. The van der Waals surface area contributed by atoms with Gasteiger partial charge in [0.15, 0.2) is 0 Å². The van der Waals surface area contributed by atoms with Gasteiger partial charge < -0.3 is 10.1 Å². The largest absolute Gasteiger partial charge is 0.481 e.